The molecular weight excluding hydrogens is 206 g/mol. The minimum atomic E-state index is 0.419. The fourth-order valence-electron chi connectivity index (χ4n) is 1.74. The molecule has 0 aliphatic rings. The molecule has 2 atom stereocenters. The highest BCUT2D eigenvalue weighted by molar-refractivity contribution is 7.07. The van der Waals surface area contributed by atoms with Crippen molar-refractivity contribution in [3.63, 3.8) is 0 Å². The van der Waals surface area contributed by atoms with Crippen molar-refractivity contribution in [3.05, 3.63) is 22.4 Å². The maximum absolute atomic E-state index is 5.21. The largest absolute Gasteiger partial charge is 0.383 e. The Morgan fingerprint density at radius 3 is 2.87 bits per heavy atom. The average molecular weight is 227 g/mol. The van der Waals surface area contributed by atoms with Gasteiger partial charge in [-0.05, 0) is 35.7 Å². The normalized spacial score (nSPS) is 15.1. The highest BCUT2D eigenvalue weighted by atomic mass is 32.1. The summed E-state index contributed by atoms with van der Waals surface area (Å²) < 4.78 is 5.21. The molecule has 1 rings (SSSR count). The molecule has 86 valence electrons. The van der Waals surface area contributed by atoms with Gasteiger partial charge < -0.3 is 10.1 Å². The lowest BCUT2D eigenvalue weighted by atomic mass is 10.1. The smallest absolute Gasteiger partial charge is 0.0616 e. The zero-order valence-corrected chi connectivity index (χ0v) is 10.6. The molecule has 0 aliphatic heterocycles. The summed E-state index contributed by atoms with van der Waals surface area (Å²) >= 11 is 1.75. The third-order valence-electron chi connectivity index (χ3n) is 2.53. The first-order valence-corrected chi connectivity index (χ1v) is 6.49. The predicted molar refractivity (Wildman–Crippen MR) is 66.4 cm³/mol. The van der Waals surface area contributed by atoms with Gasteiger partial charge in [0.1, 0.15) is 0 Å². The molecule has 0 amide bonds. The lowest BCUT2D eigenvalue weighted by molar-refractivity contribution is 0.157. The van der Waals surface area contributed by atoms with Crippen LogP contribution in [0.1, 0.15) is 38.3 Å². The van der Waals surface area contributed by atoms with Crippen LogP contribution in [0, 0.1) is 0 Å². The van der Waals surface area contributed by atoms with Crippen LogP contribution >= 0.6 is 11.3 Å². The maximum atomic E-state index is 5.21. The van der Waals surface area contributed by atoms with Crippen molar-refractivity contribution in [2.24, 2.45) is 0 Å². The summed E-state index contributed by atoms with van der Waals surface area (Å²) in [6.45, 7) is 5.21. The van der Waals surface area contributed by atoms with E-state index >= 15 is 0 Å². The van der Waals surface area contributed by atoms with Gasteiger partial charge in [-0.25, -0.2) is 0 Å². The molecule has 1 heterocycles. The number of ether oxygens (including phenoxy) is 1. The lowest BCUT2D eigenvalue weighted by Crippen LogP contribution is -2.34. The first-order valence-electron chi connectivity index (χ1n) is 5.55. The van der Waals surface area contributed by atoms with E-state index < -0.39 is 0 Å². The fraction of sp³-hybridized carbons (Fsp3) is 0.667. The van der Waals surface area contributed by atoms with Gasteiger partial charge in [-0.3, -0.25) is 0 Å². The van der Waals surface area contributed by atoms with Crippen molar-refractivity contribution in [1.82, 2.24) is 5.32 Å². The Morgan fingerprint density at radius 2 is 2.33 bits per heavy atom. The molecule has 3 heteroatoms. The zero-order chi connectivity index (χ0) is 11.1. The molecule has 0 saturated carbocycles. The van der Waals surface area contributed by atoms with Gasteiger partial charge in [0.2, 0.25) is 0 Å². The number of nitrogens with one attached hydrogen (secondary N) is 1. The predicted octanol–water partition coefficient (Wildman–Crippen LogP) is 3.21. The monoisotopic (exact) mass is 227 g/mol. The molecule has 2 unspecified atom stereocenters. The topological polar surface area (TPSA) is 21.3 Å². The molecule has 1 aromatic rings. The molecule has 0 saturated heterocycles. The minimum Gasteiger partial charge on any atom is -0.383 e. The third-order valence-corrected chi connectivity index (χ3v) is 3.24. The standard InChI is InChI=1S/C12H21NOS/c1-4-5-12(8-14-3)13-10(2)11-6-7-15-9-11/h6-7,9-10,12-13H,4-5,8H2,1-3H3. The van der Waals surface area contributed by atoms with E-state index in [1.165, 1.54) is 18.4 Å². The van der Waals surface area contributed by atoms with Gasteiger partial charge >= 0.3 is 0 Å². The molecule has 0 radical (unpaired) electrons. The Hall–Kier alpha value is -0.380. The van der Waals surface area contributed by atoms with Crippen molar-refractivity contribution in [3.8, 4) is 0 Å². The van der Waals surface area contributed by atoms with Gasteiger partial charge in [-0.1, -0.05) is 13.3 Å². The number of methoxy groups -OCH3 is 1. The molecule has 0 aromatic carbocycles. The number of hydrogen-bond acceptors (Lipinski definition) is 3. The Kier molecular flexibility index (Phi) is 5.91. The number of thiophene rings is 1. The van der Waals surface area contributed by atoms with Crippen molar-refractivity contribution < 1.29 is 4.74 Å². The van der Waals surface area contributed by atoms with E-state index in [1.54, 1.807) is 18.4 Å². The second kappa shape index (κ2) is 6.99. The van der Waals surface area contributed by atoms with E-state index in [4.69, 9.17) is 4.74 Å². The Bertz CT molecular complexity index is 242. The Balaban J connectivity index is 2.43. The molecule has 1 aromatic heterocycles. The quantitative estimate of drug-likeness (QED) is 0.772. The van der Waals surface area contributed by atoms with Crippen LogP contribution in [0.2, 0.25) is 0 Å². The second-order valence-electron chi connectivity index (χ2n) is 3.89. The van der Waals surface area contributed by atoms with Crippen molar-refractivity contribution in [2.75, 3.05) is 13.7 Å². The van der Waals surface area contributed by atoms with Crippen molar-refractivity contribution in [1.29, 1.82) is 0 Å². The van der Waals surface area contributed by atoms with Gasteiger partial charge in [0.05, 0.1) is 6.61 Å². The summed E-state index contributed by atoms with van der Waals surface area (Å²) in [6, 6.07) is 3.07. The highest BCUT2D eigenvalue weighted by Gasteiger charge is 2.12. The number of rotatable bonds is 7. The maximum Gasteiger partial charge on any atom is 0.0616 e. The Morgan fingerprint density at radius 1 is 1.53 bits per heavy atom. The van der Waals surface area contributed by atoms with Gasteiger partial charge in [0.25, 0.3) is 0 Å². The Labute approximate surface area is 96.7 Å². The molecule has 0 bridgehead atoms. The lowest BCUT2D eigenvalue weighted by Gasteiger charge is -2.22. The molecule has 15 heavy (non-hydrogen) atoms. The minimum absolute atomic E-state index is 0.419. The first-order chi connectivity index (χ1) is 7.27. The SMILES string of the molecule is CCCC(COC)NC(C)c1ccsc1. The number of hydrogen-bond donors (Lipinski definition) is 1. The van der Waals surface area contributed by atoms with Crippen molar-refractivity contribution >= 4 is 11.3 Å². The highest BCUT2D eigenvalue weighted by Crippen LogP contribution is 2.16. The van der Waals surface area contributed by atoms with Crippen LogP contribution < -0.4 is 5.32 Å². The van der Waals surface area contributed by atoms with E-state index in [0.717, 1.165) is 6.61 Å². The summed E-state index contributed by atoms with van der Waals surface area (Å²) in [5, 5.41) is 7.93. The summed E-state index contributed by atoms with van der Waals surface area (Å²) in [7, 11) is 1.76. The summed E-state index contributed by atoms with van der Waals surface area (Å²) in [5.41, 5.74) is 1.37. The van der Waals surface area contributed by atoms with Crippen LogP contribution in [0.5, 0.6) is 0 Å². The summed E-state index contributed by atoms with van der Waals surface area (Å²) in [4.78, 5) is 0. The van der Waals surface area contributed by atoms with E-state index in [9.17, 15) is 0 Å². The van der Waals surface area contributed by atoms with Crippen molar-refractivity contribution in [2.45, 2.75) is 38.8 Å². The molecule has 2 nitrogen and oxygen atoms in total. The molecule has 0 aliphatic carbocycles. The van der Waals surface area contributed by atoms with Crippen LogP contribution in [0.15, 0.2) is 16.8 Å². The van der Waals surface area contributed by atoms with Gasteiger partial charge in [-0.2, -0.15) is 11.3 Å². The van der Waals surface area contributed by atoms with E-state index in [2.05, 4.69) is 36.0 Å². The van der Waals surface area contributed by atoms with E-state index in [-0.39, 0.29) is 0 Å². The van der Waals surface area contributed by atoms with Gasteiger partial charge in [0.15, 0.2) is 0 Å². The second-order valence-corrected chi connectivity index (χ2v) is 4.67. The molecule has 0 fully saturated rings. The van der Waals surface area contributed by atoms with Gasteiger partial charge in [0, 0.05) is 19.2 Å². The van der Waals surface area contributed by atoms with Crippen LogP contribution in [-0.2, 0) is 4.74 Å². The van der Waals surface area contributed by atoms with E-state index in [1.807, 2.05) is 0 Å². The van der Waals surface area contributed by atoms with Crippen LogP contribution in [-0.4, -0.2) is 19.8 Å². The zero-order valence-electron chi connectivity index (χ0n) is 9.82. The molecule has 1 N–H and O–H groups in total. The van der Waals surface area contributed by atoms with Gasteiger partial charge in [-0.15, -0.1) is 0 Å². The summed E-state index contributed by atoms with van der Waals surface area (Å²) in [6.07, 6.45) is 2.36. The van der Waals surface area contributed by atoms with E-state index in [0.29, 0.717) is 12.1 Å². The van der Waals surface area contributed by atoms with Crippen LogP contribution in [0.25, 0.3) is 0 Å². The first kappa shape index (κ1) is 12.7. The third kappa shape index (κ3) is 4.33. The molecular formula is C12H21NOS. The average Bonchev–Trinajstić information content (AvgIpc) is 2.71. The summed E-state index contributed by atoms with van der Waals surface area (Å²) in [5.74, 6) is 0. The van der Waals surface area contributed by atoms with Crippen LogP contribution in [0.3, 0.4) is 0 Å². The molecule has 0 spiro atoms. The fourth-order valence-corrected chi connectivity index (χ4v) is 2.49. The van der Waals surface area contributed by atoms with Crippen LogP contribution in [0.4, 0.5) is 0 Å².